The number of allylic oxidation sites excluding steroid dienone is 2. The molecule has 0 spiro atoms. The van der Waals surface area contributed by atoms with Gasteiger partial charge in [-0.25, -0.2) is 4.79 Å². The van der Waals surface area contributed by atoms with E-state index < -0.39 is 12.1 Å². The van der Waals surface area contributed by atoms with E-state index in [1.807, 2.05) is 36.4 Å². The van der Waals surface area contributed by atoms with E-state index in [-0.39, 0.29) is 12.5 Å². The molecule has 1 heterocycles. The van der Waals surface area contributed by atoms with Crippen LogP contribution in [0.15, 0.2) is 64.3 Å². The number of hydrogen-bond acceptors (Lipinski definition) is 4. The normalized spacial score (nSPS) is 16.6. The molecule has 3 amide bonds. The predicted octanol–water partition coefficient (Wildman–Crippen LogP) is 3.64. The summed E-state index contributed by atoms with van der Waals surface area (Å²) in [6.45, 7) is 1.75. The van der Waals surface area contributed by atoms with Crippen molar-refractivity contribution in [2.75, 3.05) is 18.6 Å². The SMILES string of the molecule is C/C(NC(=O)N[C@@H]1COc2ccc(Br)cc2N(C)C1=O)=C(/C=N)Cc1ccccc1. The molecule has 0 saturated carbocycles. The maximum Gasteiger partial charge on any atom is 0.319 e. The smallest absolute Gasteiger partial charge is 0.319 e. The summed E-state index contributed by atoms with van der Waals surface area (Å²) >= 11 is 3.39. The highest BCUT2D eigenvalue weighted by Gasteiger charge is 2.30. The van der Waals surface area contributed by atoms with Crippen LogP contribution in [0.5, 0.6) is 5.75 Å². The van der Waals surface area contributed by atoms with E-state index in [1.54, 1.807) is 26.1 Å². The zero-order valence-electron chi connectivity index (χ0n) is 16.7. The van der Waals surface area contributed by atoms with Crippen LogP contribution in [-0.2, 0) is 11.2 Å². The molecule has 2 aromatic rings. The number of benzene rings is 2. The first kappa shape index (κ1) is 21.6. The van der Waals surface area contributed by atoms with Crippen LogP contribution < -0.4 is 20.3 Å². The van der Waals surface area contributed by atoms with Gasteiger partial charge in [-0.3, -0.25) is 4.79 Å². The molecule has 7 nitrogen and oxygen atoms in total. The molecule has 3 rings (SSSR count). The summed E-state index contributed by atoms with van der Waals surface area (Å²) in [5.74, 6) is 0.295. The van der Waals surface area contributed by atoms with Crippen LogP contribution in [0.2, 0.25) is 0 Å². The Balaban J connectivity index is 1.68. The number of nitrogens with zero attached hydrogens (tertiary/aromatic N) is 1. The van der Waals surface area contributed by atoms with Gasteiger partial charge in [0.2, 0.25) is 0 Å². The van der Waals surface area contributed by atoms with E-state index in [1.165, 1.54) is 11.1 Å². The maximum absolute atomic E-state index is 12.8. The molecule has 0 unspecified atom stereocenters. The van der Waals surface area contributed by atoms with Crippen molar-refractivity contribution in [1.29, 1.82) is 5.41 Å². The van der Waals surface area contributed by atoms with Gasteiger partial charge in [0.25, 0.3) is 5.91 Å². The lowest BCUT2D eigenvalue weighted by Crippen LogP contribution is -2.52. The molecule has 1 aliphatic rings. The van der Waals surface area contributed by atoms with Gasteiger partial charge in [0.15, 0.2) is 0 Å². The maximum atomic E-state index is 12.8. The Morgan fingerprint density at radius 3 is 2.73 bits per heavy atom. The Labute approximate surface area is 183 Å². The number of likely N-dealkylation sites (N-methyl/N-ethyl adjacent to an activating group) is 1. The van der Waals surface area contributed by atoms with Crippen molar-refractivity contribution >= 4 is 39.8 Å². The number of hydrogen-bond donors (Lipinski definition) is 3. The molecule has 8 heteroatoms. The topological polar surface area (TPSA) is 94.5 Å². The van der Waals surface area contributed by atoms with Crippen LogP contribution in [0.3, 0.4) is 0 Å². The summed E-state index contributed by atoms with van der Waals surface area (Å²) in [5, 5.41) is 13.1. The van der Waals surface area contributed by atoms with Crippen molar-refractivity contribution in [1.82, 2.24) is 10.6 Å². The van der Waals surface area contributed by atoms with Crippen LogP contribution in [0.1, 0.15) is 12.5 Å². The molecule has 0 bridgehead atoms. The fourth-order valence-electron chi connectivity index (χ4n) is 3.13. The quantitative estimate of drug-likeness (QED) is 0.582. The standard InChI is InChI=1S/C22H23BrN4O3/c1-14(16(12-24)10-15-6-4-3-5-7-15)25-22(29)26-18-13-30-20-9-8-17(23)11-19(20)27(2)21(18)28/h3-9,11-12,18,24H,10,13H2,1-2H3,(H2,25,26,29)/b16-14-,24-12?/t18-/m1/s1. The van der Waals surface area contributed by atoms with E-state index in [0.29, 0.717) is 29.1 Å². The highest BCUT2D eigenvalue weighted by molar-refractivity contribution is 9.10. The van der Waals surface area contributed by atoms with Gasteiger partial charge in [-0.2, -0.15) is 0 Å². The van der Waals surface area contributed by atoms with Crippen molar-refractivity contribution < 1.29 is 14.3 Å². The minimum atomic E-state index is -0.841. The molecule has 156 valence electrons. The van der Waals surface area contributed by atoms with E-state index in [2.05, 4.69) is 26.6 Å². The van der Waals surface area contributed by atoms with Crippen LogP contribution >= 0.6 is 15.9 Å². The lowest BCUT2D eigenvalue weighted by Gasteiger charge is -2.21. The number of fused-ring (bicyclic) bond motifs is 1. The van der Waals surface area contributed by atoms with Gasteiger partial charge in [-0.1, -0.05) is 46.3 Å². The highest BCUT2D eigenvalue weighted by Crippen LogP contribution is 2.33. The molecule has 0 radical (unpaired) electrons. The fraction of sp³-hybridized carbons (Fsp3) is 0.227. The molecule has 0 aromatic heterocycles. The van der Waals surface area contributed by atoms with E-state index in [4.69, 9.17) is 10.1 Å². The average molecular weight is 471 g/mol. The highest BCUT2D eigenvalue weighted by atomic mass is 79.9. The van der Waals surface area contributed by atoms with Crippen molar-refractivity contribution in [2.24, 2.45) is 0 Å². The first-order chi connectivity index (χ1) is 14.4. The second-order valence-corrected chi connectivity index (χ2v) is 7.84. The van der Waals surface area contributed by atoms with Crippen molar-refractivity contribution in [3.63, 3.8) is 0 Å². The molecular weight excluding hydrogens is 448 g/mol. The second-order valence-electron chi connectivity index (χ2n) is 6.93. The zero-order chi connectivity index (χ0) is 21.7. The third kappa shape index (κ3) is 5.07. The first-order valence-electron chi connectivity index (χ1n) is 9.40. The number of rotatable bonds is 5. The number of amides is 3. The van der Waals surface area contributed by atoms with Crippen molar-refractivity contribution in [3.8, 4) is 5.75 Å². The molecule has 0 aliphatic carbocycles. The zero-order valence-corrected chi connectivity index (χ0v) is 18.3. The molecular formula is C22H23BrN4O3. The van der Waals surface area contributed by atoms with Gasteiger partial charge in [-0.15, -0.1) is 0 Å². The van der Waals surface area contributed by atoms with Crippen LogP contribution in [-0.4, -0.2) is 37.8 Å². The van der Waals surface area contributed by atoms with Gasteiger partial charge in [0, 0.05) is 29.9 Å². The largest absolute Gasteiger partial charge is 0.489 e. The minimum absolute atomic E-state index is 0.0232. The lowest BCUT2D eigenvalue weighted by molar-refractivity contribution is -0.120. The minimum Gasteiger partial charge on any atom is -0.489 e. The van der Waals surface area contributed by atoms with Crippen LogP contribution in [0.25, 0.3) is 0 Å². The Hall–Kier alpha value is -3.13. The third-order valence-electron chi connectivity index (χ3n) is 4.82. The van der Waals surface area contributed by atoms with E-state index in [9.17, 15) is 9.59 Å². The first-order valence-corrected chi connectivity index (χ1v) is 10.2. The van der Waals surface area contributed by atoms with Crippen molar-refractivity contribution in [3.05, 3.63) is 69.8 Å². The Kier molecular flexibility index (Phi) is 6.89. The number of urea groups is 1. The third-order valence-corrected chi connectivity index (χ3v) is 5.31. The van der Waals surface area contributed by atoms with Crippen LogP contribution in [0, 0.1) is 5.41 Å². The van der Waals surface area contributed by atoms with Gasteiger partial charge < -0.3 is 25.7 Å². The monoisotopic (exact) mass is 470 g/mol. The number of anilines is 1. The molecule has 30 heavy (non-hydrogen) atoms. The average Bonchev–Trinajstić information content (AvgIpc) is 2.85. The summed E-state index contributed by atoms with van der Waals surface area (Å²) in [6, 6.07) is 13.7. The Morgan fingerprint density at radius 1 is 1.30 bits per heavy atom. The van der Waals surface area contributed by atoms with Crippen LogP contribution in [0.4, 0.5) is 10.5 Å². The van der Waals surface area contributed by atoms with E-state index >= 15 is 0 Å². The molecule has 0 saturated heterocycles. The van der Waals surface area contributed by atoms with Gasteiger partial charge in [0.1, 0.15) is 18.4 Å². The summed E-state index contributed by atoms with van der Waals surface area (Å²) in [6.07, 6.45) is 1.75. The molecule has 3 N–H and O–H groups in total. The summed E-state index contributed by atoms with van der Waals surface area (Å²) < 4.78 is 6.56. The number of nitrogens with one attached hydrogen (secondary N) is 3. The number of carbonyl (C=O) groups is 2. The van der Waals surface area contributed by atoms with Gasteiger partial charge in [-0.05, 0) is 36.3 Å². The predicted molar refractivity (Wildman–Crippen MR) is 120 cm³/mol. The van der Waals surface area contributed by atoms with Gasteiger partial charge in [0.05, 0.1) is 5.69 Å². The van der Waals surface area contributed by atoms with Crippen molar-refractivity contribution in [2.45, 2.75) is 19.4 Å². The van der Waals surface area contributed by atoms with Gasteiger partial charge >= 0.3 is 6.03 Å². The van der Waals surface area contributed by atoms with E-state index in [0.717, 1.165) is 10.0 Å². The molecule has 2 aromatic carbocycles. The second kappa shape index (κ2) is 9.58. The Morgan fingerprint density at radius 2 is 2.03 bits per heavy atom. The fourth-order valence-corrected chi connectivity index (χ4v) is 3.48. The Bertz CT molecular complexity index is 991. The number of carbonyl (C=O) groups excluding carboxylic acids is 2. The number of halogens is 1. The lowest BCUT2D eigenvalue weighted by atomic mass is 10.0. The summed E-state index contributed by atoms with van der Waals surface area (Å²) in [5.41, 5.74) is 2.89. The number of ether oxygens (including phenoxy) is 1. The summed E-state index contributed by atoms with van der Waals surface area (Å²) in [7, 11) is 1.65. The molecule has 0 fully saturated rings. The molecule has 1 aliphatic heterocycles. The summed E-state index contributed by atoms with van der Waals surface area (Å²) in [4.78, 5) is 26.8. The molecule has 1 atom stereocenters.